The Labute approximate surface area is 158 Å². The number of aromatic nitrogens is 1. The van der Waals surface area contributed by atoms with Crippen molar-refractivity contribution in [2.75, 3.05) is 0 Å². The van der Waals surface area contributed by atoms with E-state index in [2.05, 4.69) is 4.98 Å². The number of carbonyl (C=O) groups is 3. The molecule has 1 fully saturated rings. The van der Waals surface area contributed by atoms with Gasteiger partial charge in [0, 0.05) is 30.8 Å². The lowest BCUT2D eigenvalue weighted by molar-refractivity contribution is -0.168. The van der Waals surface area contributed by atoms with Crippen LogP contribution in [-0.2, 0) is 14.3 Å². The molecule has 0 bridgehead atoms. The number of rotatable bonds is 8. The highest BCUT2D eigenvalue weighted by Crippen LogP contribution is 2.22. The van der Waals surface area contributed by atoms with Crippen LogP contribution in [0.4, 0.5) is 0 Å². The SMILES string of the molecule is C/C=C/C/C=C/CCC(=O)C1CC(C(N)=O)O1.NNC(=O)c1ccncc1. The Bertz CT molecular complexity index is 668. The van der Waals surface area contributed by atoms with Crippen LogP contribution in [0.25, 0.3) is 0 Å². The molecule has 0 spiro atoms. The summed E-state index contributed by atoms with van der Waals surface area (Å²) in [6.07, 6.45) is 12.7. The summed E-state index contributed by atoms with van der Waals surface area (Å²) in [5.74, 6) is 4.15. The summed E-state index contributed by atoms with van der Waals surface area (Å²) in [4.78, 5) is 36.7. The number of nitrogens with one attached hydrogen (secondary N) is 1. The van der Waals surface area contributed by atoms with Crippen molar-refractivity contribution in [1.29, 1.82) is 0 Å². The fraction of sp³-hybridized carbons (Fsp3) is 0.368. The first kappa shape index (κ1) is 22.2. The van der Waals surface area contributed by atoms with Crippen LogP contribution >= 0.6 is 0 Å². The zero-order chi connectivity index (χ0) is 20.1. The molecule has 0 aromatic carbocycles. The Hall–Kier alpha value is -2.84. The molecule has 1 aliphatic rings. The predicted molar refractivity (Wildman–Crippen MR) is 101 cm³/mol. The summed E-state index contributed by atoms with van der Waals surface area (Å²) < 4.78 is 5.10. The van der Waals surface area contributed by atoms with Gasteiger partial charge in [0.2, 0.25) is 5.91 Å². The van der Waals surface area contributed by atoms with Gasteiger partial charge in [0.25, 0.3) is 5.91 Å². The summed E-state index contributed by atoms with van der Waals surface area (Å²) in [5, 5.41) is 0. The van der Waals surface area contributed by atoms with E-state index in [-0.39, 0.29) is 11.7 Å². The van der Waals surface area contributed by atoms with Crippen molar-refractivity contribution in [3.63, 3.8) is 0 Å². The Morgan fingerprint density at radius 2 is 1.89 bits per heavy atom. The molecule has 1 aromatic rings. The number of nitrogens with zero attached hydrogens (tertiary/aromatic N) is 1. The third-order valence-electron chi connectivity index (χ3n) is 3.74. The highest BCUT2D eigenvalue weighted by molar-refractivity contribution is 5.93. The molecule has 2 atom stereocenters. The number of hydrogen-bond acceptors (Lipinski definition) is 6. The molecule has 2 amide bonds. The average molecular weight is 374 g/mol. The van der Waals surface area contributed by atoms with E-state index in [0.29, 0.717) is 18.4 Å². The van der Waals surface area contributed by atoms with E-state index in [4.69, 9.17) is 16.3 Å². The molecule has 0 saturated carbocycles. The van der Waals surface area contributed by atoms with E-state index in [9.17, 15) is 14.4 Å². The number of ether oxygens (including phenoxy) is 1. The van der Waals surface area contributed by atoms with Crippen molar-refractivity contribution in [3.05, 3.63) is 54.4 Å². The third kappa shape index (κ3) is 8.39. The van der Waals surface area contributed by atoms with E-state index in [0.717, 1.165) is 12.8 Å². The quantitative estimate of drug-likeness (QED) is 0.270. The van der Waals surface area contributed by atoms with E-state index in [1.807, 2.05) is 36.7 Å². The molecule has 1 aliphatic heterocycles. The zero-order valence-electron chi connectivity index (χ0n) is 15.3. The number of carbonyl (C=O) groups excluding carboxylic acids is 3. The standard InChI is InChI=1S/C13H19NO3.C6H7N3O/c1-2-3-4-5-6-7-8-10(15)11-9-12(17-11)13(14)16;7-9-6(10)5-1-3-8-4-2-5/h2-3,5-6,11-12H,4,7-9H2,1H3,(H2,14,16);1-4H,7H2,(H,9,10)/b3-2+,6-5+;. The summed E-state index contributed by atoms with van der Waals surface area (Å²) in [6, 6.07) is 3.17. The van der Waals surface area contributed by atoms with E-state index in [1.165, 1.54) is 12.4 Å². The van der Waals surface area contributed by atoms with Crippen molar-refractivity contribution in [1.82, 2.24) is 10.4 Å². The lowest BCUT2D eigenvalue weighted by atomic mass is 9.98. The molecule has 1 saturated heterocycles. The van der Waals surface area contributed by atoms with Gasteiger partial charge >= 0.3 is 0 Å². The molecule has 146 valence electrons. The van der Waals surface area contributed by atoms with E-state index >= 15 is 0 Å². The van der Waals surface area contributed by atoms with Crippen molar-refractivity contribution in [2.24, 2.45) is 11.6 Å². The monoisotopic (exact) mass is 374 g/mol. The van der Waals surface area contributed by atoms with Gasteiger partial charge in [0.15, 0.2) is 5.78 Å². The van der Waals surface area contributed by atoms with Crippen LogP contribution in [0.15, 0.2) is 48.8 Å². The van der Waals surface area contributed by atoms with Crippen LogP contribution in [0.1, 0.15) is 43.0 Å². The van der Waals surface area contributed by atoms with Crippen molar-refractivity contribution in [3.8, 4) is 0 Å². The Morgan fingerprint density at radius 1 is 1.22 bits per heavy atom. The first-order valence-electron chi connectivity index (χ1n) is 8.64. The van der Waals surface area contributed by atoms with Gasteiger partial charge in [-0.3, -0.25) is 24.8 Å². The third-order valence-corrected chi connectivity index (χ3v) is 3.74. The van der Waals surface area contributed by atoms with Gasteiger partial charge in [-0.15, -0.1) is 0 Å². The molecule has 8 nitrogen and oxygen atoms in total. The van der Waals surface area contributed by atoms with Gasteiger partial charge in [-0.1, -0.05) is 24.3 Å². The molecule has 2 heterocycles. The Balaban J connectivity index is 0.000000309. The predicted octanol–water partition coefficient (Wildman–Crippen LogP) is 1.19. The van der Waals surface area contributed by atoms with Crippen LogP contribution in [-0.4, -0.2) is 34.8 Å². The minimum Gasteiger partial charge on any atom is -0.367 e. The highest BCUT2D eigenvalue weighted by Gasteiger charge is 2.38. The number of Topliss-reactive ketones (excluding diaryl/α,β-unsaturated/α-hetero) is 1. The summed E-state index contributed by atoms with van der Waals surface area (Å²) in [6.45, 7) is 1.97. The largest absolute Gasteiger partial charge is 0.367 e. The first-order valence-corrected chi connectivity index (χ1v) is 8.64. The number of nitrogen functional groups attached to an aromatic ring is 1. The second-order valence-corrected chi connectivity index (χ2v) is 5.74. The fourth-order valence-electron chi connectivity index (χ4n) is 2.17. The van der Waals surface area contributed by atoms with Crippen molar-refractivity contribution >= 4 is 17.6 Å². The number of amides is 2. The molecule has 1 aromatic heterocycles. The summed E-state index contributed by atoms with van der Waals surface area (Å²) >= 11 is 0. The van der Waals surface area contributed by atoms with Gasteiger partial charge in [0.05, 0.1) is 0 Å². The number of primary amides is 1. The lowest BCUT2D eigenvalue weighted by Crippen LogP contribution is -2.49. The first-order chi connectivity index (χ1) is 13.0. The van der Waals surface area contributed by atoms with Crippen molar-refractivity contribution in [2.45, 2.75) is 44.8 Å². The number of allylic oxidation sites excluding steroid dienone is 4. The molecular weight excluding hydrogens is 348 g/mol. The number of pyridine rings is 1. The number of nitrogens with two attached hydrogens (primary N) is 2. The fourth-order valence-corrected chi connectivity index (χ4v) is 2.17. The molecule has 2 rings (SSSR count). The second kappa shape index (κ2) is 12.5. The highest BCUT2D eigenvalue weighted by atomic mass is 16.5. The van der Waals surface area contributed by atoms with Crippen LogP contribution in [0.5, 0.6) is 0 Å². The minimum atomic E-state index is -0.561. The van der Waals surface area contributed by atoms with Crippen LogP contribution in [0.3, 0.4) is 0 Å². The van der Waals surface area contributed by atoms with Gasteiger partial charge in [-0.25, -0.2) is 5.84 Å². The van der Waals surface area contributed by atoms with Crippen molar-refractivity contribution < 1.29 is 19.1 Å². The number of ketones is 1. The molecule has 0 radical (unpaired) electrons. The molecule has 8 heteroatoms. The summed E-state index contributed by atoms with van der Waals surface area (Å²) in [5.41, 5.74) is 7.56. The topological polar surface area (TPSA) is 137 Å². The summed E-state index contributed by atoms with van der Waals surface area (Å²) in [7, 11) is 0. The average Bonchev–Trinajstić information content (AvgIpc) is 2.63. The normalized spacial score (nSPS) is 18.4. The van der Waals surface area contributed by atoms with Gasteiger partial charge in [-0.2, -0.15) is 0 Å². The molecular formula is C19H26N4O4. The molecule has 0 aliphatic carbocycles. The maximum atomic E-state index is 11.6. The molecule has 27 heavy (non-hydrogen) atoms. The Morgan fingerprint density at radius 3 is 2.44 bits per heavy atom. The van der Waals surface area contributed by atoms with Gasteiger partial charge < -0.3 is 10.5 Å². The maximum absolute atomic E-state index is 11.6. The van der Waals surface area contributed by atoms with E-state index in [1.54, 1.807) is 12.1 Å². The number of hydrogen-bond donors (Lipinski definition) is 3. The van der Waals surface area contributed by atoms with Crippen LogP contribution < -0.4 is 17.0 Å². The molecule has 2 unspecified atom stereocenters. The second-order valence-electron chi connectivity index (χ2n) is 5.74. The van der Waals surface area contributed by atoms with E-state index < -0.39 is 18.1 Å². The van der Waals surface area contributed by atoms with Gasteiger partial charge in [-0.05, 0) is 31.9 Å². The molecule has 5 N–H and O–H groups in total. The van der Waals surface area contributed by atoms with Crippen LogP contribution in [0, 0.1) is 0 Å². The smallest absolute Gasteiger partial charge is 0.265 e. The number of hydrazine groups is 1. The Kier molecular flexibility index (Phi) is 10.3. The maximum Gasteiger partial charge on any atom is 0.265 e. The minimum absolute atomic E-state index is 0.0539. The lowest BCUT2D eigenvalue weighted by Gasteiger charge is -2.32. The van der Waals surface area contributed by atoms with Crippen LogP contribution in [0.2, 0.25) is 0 Å². The zero-order valence-corrected chi connectivity index (χ0v) is 15.3. The van der Waals surface area contributed by atoms with Gasteiger partial charge in [0.1, 0.15) is 12.2 Å².